The molecule has 0 aliphatic carbocycles. The van der Waals surface area contributed by atoms with Gasteiger partial charge in [0.1, 0.15) is 11.6 Å². The molecule has 0 saturated heterocycles. The van der Waals surface area contributed by atoms with Gasteiger partial charge in [0.15, 0.2) is 0 Å². The summed E-state index contributed by atoms with van der Waals surface area (Å²) in [5.74, 6) is -1.01. The number of halogens is 2. The maximum atomic E-state index is 12.9. The van der Waals surface area contributed by atoms with Crippen LogP contribution < -0.4 is 5.32 Å². The highest BCUT2D eigenvalue weighted by Gasteiger charge is 2.07. The van der Waals surface area contributed by atoms with Crippen LogP contribution in [0.15, 0.2) is 18.2 Å². The Morgan fingerprint density at radius 2 is 1.73 bits per heavy atom. The Balaban J connectivity index is 2.69. The van der Waals surface area contributed by atoms with E-state index >= 15 is 0 Å². The number of hydrogen-bond acceptors (Lipinski definition) is 1. The zero-order valence-corrected chi connectivity index (χ0v) is 9.19. The summed E-state index contributed by atoms with van der Waals surface area (Å²) in [6, 6.07) is 3.97. The third-order valence-corrected chi connectivity index (χ3v) is 2.39. The van der Waals surface area contributed by atoms with Crippen LogP contribution in [0.1, 0.15) is 25.8 Å². The lowest BCUT2D eigenvalue weighted by molar-refractivity contribution is 0.505. The summed E-state index contributed by atoms with van der Waals surface area (Å²) < 4.78 is 25.8. The number of likely N-dealkylation sites (N-methyl/N-ethyl adjacent to an activating group) is 1. The fraction of sp³-hybridized carbons (Fsp3) is 0.500. The Morgan fingerprint density at radius 3 is 2.20 bits per heavy atom. The van der Waals surface area contributed by atoms with Crippen molar-refractivity contribution in [2.45, 2.75) is 32.7 Å². The van der Waals surface area contributed by atoms with E-state index in [0.29, 0.717) is 12.0 Å². The average molecular weight is 213 g/mol. The van der Waals surface area contributed by atoms with Gasteiger partial charge in [-0.3, -0.25) is 0 Å². The number of benzene rings is 1. The molecule has 1 unspecified atom stereocenters. The van der Waals surface area contributed by atoms with Crippen molar-refractivity contribution < 1.29 is 8.78 Å². The van der Waals surface area contributed by atoms with Gasteiger partial charge >= 0.3 is 0 Å². The molecule has 0 amide bonds. The topological polar surface area (TPSA) is 12.0 Å². The van der Waals surface area contributed by atoms with Gasteiger partial charge in [0.05, 0.1) is 0 Å². The standard InChI is InChI=1S/C12H17F2N/c1-3-12(15-4-2)7-9-5-10(13)8-11(14)6-9/h5-6,8,12,15H,3-4,7H2,1-2H3. The van der Waals surface area contributed by atoms with Crippen LogP contribution in [0.3, 0.4) is 0 Å². The summed E-state index contributed by atoms with van der Waals surface area (Å²) in [5, 5.41) is 3.27. The monoisotopic (exact) mass is 213 g/mol. The van der Waals surface area contributed by atoms with E-state index in [1.807, 2.05) is 6.92 Å². The lowest BCUT2D eigenvalue weighted by Crippen LogP contribution is -2.30. The zero-order valence-electron chi connectivity index (χ0n) is 9.19. The maximum Gasteiger partial charge on any atom is 0.126 e. The van der Waals surface area contributed by atoms with Gasteiger partial charge < -0.3 is 5.32 Å². The van der Waals surface area contributed by atoms with Crippen molar-refractivity contribution in [3.8, 4) is 0 Å². The van der Waals surface area contributed by atoms with Crippen LogP contribution in [-0.4, -0.2) is 12.6 Å². The smallest absolute Gasteiger partial charge is 0.126 e. The minimum Gasteiger partial charge on any atom is -0.314 e. The van der Waals surface area contributed by atoms with Crippen molar-refractivity contribution in [2.24, 2.45) is 0 Å². The van der Waals surface area contributed by atoms with Crippen LogP contribution >= 0.6 is 0 Å². The molecular formula is C12H17F2N. The Bertz CT molecular complexity index is 292. The molecule has 15 heavy (non-hydrogen) atoms. The molecule has 0 radical (unpaired) electrons. The van der Waals surface area contributed by atoms with E-state index in [0.717, 1.165) is 19.0 Å². The van der Waals surface area contributed by atoms with E-state index in [9.17, 15) is 8.78 Å². The van der Waals surface area contributed by atoms with E-state index in [1.165, 1.54) is 12.1 Å². The fourth-order valence-corrected chi connectivity index (χ4v) is 1.66. The molecular weight excluding hydrogens is 196 g/mol. The van der Waals surface area contributed by atoms with Gasteiger partial charge in [-0.15, -0.1) is 0 Å². The van der Waals surface area contributed by atoms with Crippen molar-refractivity contribution in [1.29, 1.82) is 0 Å². The summed E-state index contributed by atoms with van der Waals surface area (Å²) in [6.07, 6.45) is 1.62. The van der Waals surface area contributed by atoms with Gasteiger partial charge in [-0.05, 0) is 37.1 Å². The molecule has 3 heteroatoms. The van der Waals surface area contributed by atoms with Crippen LogP contribution in [0.25, 0.3) is 0 Å². The highest BCUT2D eigenvalue weighted by molar-refractivity contribution is 5.18. The zero-order chi connectivity index (χ0) is 11.3. The lowest BCUT2D eigenvalue weighted by atomic mass is 10.0. The molecule has 0 aliphatic heterocycles. The molecule has 1 atom stereocenters. The summed E-state index contributed by atoms with van der Waals surface area (Å²) >= 11 is 0. The molecule has 0 saturated carbocycles. The van der Waals surface area contributed by atoms with Crippen molar-refractivity contribution in [1.82, 2.24) is 5.32 Å². The van der Waals surface area contributed by atoms with Crippen molar-refractivity contribution in [2.75, 3.05) is 6.54 Å². The Kier molecular flexibility index (Phi) is 4.69. The summed E-state index contributed by atoms with van der Waals surface area (Å²) in [4.78, 5) is 0. The van der Waals surface area contributed by atoms with Crippen molar-refractivity contribution >= 4 is 0 Å². The normalized spacial score (nSPS) is 12.8. The SMILES string of the molecule is CCNC(CC)Cc1cc(F)cc(F)c1. The molecule has 0 bridgehead atoms. The van der Waals surface area contributed by atoms with E-state index in [1.54, 1.807) is 0 Å². The molecule has 0 aromatic heterocycles. The molecule has 84 valence electrons. The summed E-state index contributed by atoms with van der Waals surface area (Å²) in [7, 11) is 0. The maximum absolute atomic E-state index is 12.9. The molecule has 1 nitrogen and oxygen atoms in total. The van der Waals surface area contributed by atoms with Crippen LogP contribution in [0, 0.1) is 11.6 Å². The molecule has 1 N–H and O–H groups in total. The minimum atomic E-state index is -0.503. The van der Waals surface area contributed by atoms with Crippen molar-refractivity contribution in [3.05, 3.63) is 35.4 Å². The van der Waals surface area contributed by atoms with Gasteiger partial charge in [-0.2, -0.15) is 0 Å². The van der Waals surface area contributed by atoms with Gasteiger partial charge in [-0.25, -0.2) is 8.78 Å². The Morgan fingerprint density at radius 1 is 1.13 bits per heavy atom. The largest absolute Gasteiger partial charge is 0.314 e. The third kappa shape index (κ3) is 3.96. The van der Waals surface area contributed by atoms with E-state index in [-0.39, 0.29) is 6.04 Å². The van der Waals surface area contributed by atoms with Crippen LogP contribution in [0.2, 0.25) is 0 Å². The number of nitrogens with one attached hydrogen (secondary N) is 1. The predicted octanol–water partition coefficient (Wildman–Crippen LogP) is 2.90. The van der Waals surface area contributed by atoms with E-state index < -0.39 is 11.6 Å². The summed E-state index contributed by atoms with van der Waals surface area (Å²) in [6.45, 7) is 4.95. The molecule has 0 heterocycles. The highest BCUT2D eigenvalue weighted by atomic mass is 19.1. The van der Waals surface area contributed by atoms with E-state index in [4.69, 9.17) is 0 Å². The molecule has 1 aromatic rings. The second-order valence-electron chi connectivity index (χ2n) is 3.64. The minimum absolute atomic E-state index is 0.288. The van der Waals surface area contributed by atoms with Gasteiger partial charge in [-0.1, -0.05) is 13.8 Å². The van der Waals surface area contributed by atoms with Crippen molar-refractivity contribution in [3.63, 3.8) is 0 Å². The van der Waals surface area contributed by atoms with Crippen LogP contribution in [0.4, 0.5) is 8.78 Å². The first-order valence-corrected chi connectivity index (χ1v) is 5.34. The fourth-order valence-electron chi connectivity index (χ4n) is 1.66. The van der Waals surface area contributed by atoms with Crippen LogP contribution in [0.5, 0.6) is 0 Å². The molecule has 0 aliphatic rings. The first kappa shape index (κ1) is 12.1. The first-order chi connectivity index (χ1) is 7.15. The first-order valence-electron chi connectivity index (χ1n) is 5.34. The Hall–Kier alpha value is -0.960. The second-order valence-corrected chi connectivity index (χ2v) is 3.64. The van der Waals surface area contributed by atoms with Gasteiger partial charge in [0.2, 0.25) is 0 Å². The molecule has 0 fully saturated rings. The Labute approximate surface area is 89.5 Å². The molecule has 0 spiro atoms. The number of hydrogen-bond donors (Lipinski definition) is 1. The lowest BCUT2D eigenvalue weighted by Gasteiger charge is -2.15. The third-order valence-electron chi connectivity index (χ3n) is 2.39. The average Bonchev–Trinajstić information content (AvgIpc) is 2.15. The summed E-state index contributed by atoms with van der Waals surface area (Å²) in [5.41, 5.74) is 0.709. The highest BCUT2D eigenvalue weighted by Crippen LogP contribution is 2.11. The quantitative estimate of drug-likeness (QED) is 0.793. The predicted molar refractivity (Wildman–Crippen MR) is 57.8 cm³/mol. The number of rotatable bonds is 5. The van der Waals surface area contributed by atoms with E-state index in [2.05, 4.69) is 12.2 Å². The van der Waals surface area contributed by atoms with Gasteiger partial charge in [0.25, 0.3) is 0 Å². The molecule has 1 aromatic carbocycles. The second kappa shape index (κ2) is 5.81. The molecule has 1 rings (SSSR count). The van der Waals surface area contributed by atoms with Gasteiger partial charge in [0, 0.05) is 12.1 Å². The van der Waals surface area contributed by atoms with Crippen LogP contribution in [-0.2, 0) is 6.42 Å².